The lowest BCUT2D eigenvalue weighted by atomic mass is 9.87. The Kier molecular flexibility index (Phi) is 10.4. The minimum Gasteiger partial charge on any atom is -0.202 e. The molecule has 0 saturated heterocycles. The Bertz CT molecular complexity index is 2640. The van der Waals surface area contributed by atoms with Gasteiger partial charge < -0.3 is 0 Å². The molecule has 6 rings (SSSR count). The quantitative estimate of drug-likeness (QED) is 0.151. The lowest BCUT2D eigenvalue weighted by Gasteiger charge is -2.18. The molecule has 4 aromatic rings. The van der Waals surface area contributed by atoms with Crippen LogP contribution in [0.1, 0.15) is 52.9 Å². The van der Waals surface area contributed by atoms with Gasteiger partial charge in [0.2, 0.25) is 0 Å². The molecule has 2 aliphatic carbocycles. The molecule has 0 unspecified atom stereocenters. The predicted molar refractivity (Wildman–Crippen MR) is 179 cm³/mol. The SMILES string of the molecule is N#C/C(=C1\C(c2cc(C(F)(F)F)cc(C(F)(F)F)c2)=CC2=C1C=C(c1cc(C(F)(F)F)cc(C(F)(F)F)c1)/C2=C(\C#N)c1sc(C#N)c(F)c1F)c1sc(C#N)c(F)c1F. The van der Waals surface area contributed by atoms with Crippen LogP contribution in [0.3, 0.4) is 0 Å². The topological polar surface area (TPSA) is 95.2 Å². The van der Waals surface area contributed by atoms with E-state index in [1.807, 2.05) is 0 Å². The van der Waals surface area contributed by atoms with E-state index in [1.54, 1.807) is 0 Å². The second-order valence-corrected chi connectivity index (χ2v) is 14.3. The molecule has 0 bridgehead atoms. The van der Waals surface area contributed by atoms with Crippen molar-refractivity contribution in [3.05, 3.63) is 147 Å². The Morgan fingerprint density at radius 2 is 0.717 bits per heavy atom. The Balaban J connectivity index is 1.84. The maximum atomic E-state index is 15.4. The first-order valence-electron chi connectivity index (χ1n) is 15.6. The van der Waals surface area contributed by atoms with Gasteiger partial charge in [-0.25, -0.2) is 17.6 Å². The molecule has 0 aliphatic heterocycles. The summed E-state index contributed by atoms with van der Waals surface area (Å²) in [4.78, 5) is -4.29. The number of halogens is 16. The predicted octanol–water partition coefficient (Wildman–Crippen LogP) is 12.9. The van der Waals surface area contributed by atoms with E-state index in [0.29, 0.717) is 12.2 Å². The molecule has 0 spiro atoms. The minimum absolute atomic E-state index is 0.0809. The third kappa shape index (κ3) is 7.33. The number of hydrogen-bond donors (Lipinski definition) is 0. The fraction of sp³-hybridized carbons (Fsp3) is 0.105. The number of thiophene rings is 2. The summed E-state index contributed by atoms with van der Waals surface area (Å²) in [7, 11) is 0. The van der Waals surface area contributed by atoms with Crippen LogP contribution in [0.15, 0.2) is 70.8 Å². The number of alkyl halides is 12. The van der Waals surface area contributed by atoms with Crippen molar-refractivity contribution in [1.29, 1.82) is 21.0 Å². The maximum Gasteiger partial charge on any atom is 0.416 e. The number of rotatable bonds is 4. The molecule has 0 radical (unpaired) electrons. The molecule has 2 aliphatic rings. The van der Waals surface area contributed by atoms with E-state index in [9.17, 15) is 82.5 Å². The highest BCUT2D eigenvalue weighted by Gasteiger charge is 2.43. The molecule has 60 heavy (non-hydrogen) atoms. The van der Waals surface area contributed by atoms with Crippen molar-refractivity contribution in [2.45, 2.75) is 24.7 Å². The van der Waals surface area contributed by atoms with Crippen molar-refractivity contribution in [3.8, 4) is 24.3 Å². The third-order valence-electron chi connectivity index (χ3n) is 8.71. The smallest absolute Gasteiger partial charge is 0.202 e. The Hall–Kier alpha value is -6.62. The van der Waals surface area contributed by atoms with Gasteiger partial charge in [0.25, 0.3) is 0 Å². The fourth-order valence-corrected chi connectivity index (χ4v) is 7.91. The molecule has 0 atom stereocenters. The second kappa shape index (κ2) is 14.6. The lowest BCUT2D eigenvalue weighted by Crippen LogP contribution is -2.12. The summed E-state index contributed by atoms with van der Waals surface area (Å²) >= 11 is -0.162. The number of nitriles is 4. The summed E-state index contributed by atoms with van der Waals surface area (Å²) in [6.07, 6.45) is -20.9. The van der Waals surface area contributed by atoms with Gasteiger partial charge in [-0.1, -0.05) is 0 Å². The average Bonchev–Trinajstić information content (AvgIpc) is 3.88. The monoisotopic (exact) mass is 888 g/mol. The highest BCUT2D eigenvalue weighted by molar-refractivity contribution is 7.14. The number of nitrogens with zero attached hydrogens (tertiary/aromatic N) is 4. The van der Waals surface area contributed by atoms with Crippen LogP contribution in [-0.2, 0) is 24.7 Å². The van der Waals surface area contributed by atoms with Crippen molar-refractivity contribution in [3.63, 3.8) is 0 Å². The standard InChI is InChI=1S/C38H8F16N4S2/c39-29-25(11-57)59-33(31(29)41)23(9-55)27-19(13-1-15(35(43,44)45)5-16(2-13)36(46,47)48)7-21-22(27)8-20(14-3-17(37(49,50)51)6-18(4-14)38(52,53)54)28(21)24(10-56)34-32(42)30(40)26(12-58)60-34/h1-8H/b27-23-,28-24-. The van der Waals surface area contributed by atoms with Gasteiger partial charge in [-0.3, -0.25) is 0 Å². The number of benzene rings is 2. The average molecular weight is 889 g/mol. The van der Waals surface area contributed by atoms with Crippen LogP contribution < -0.4 is 0 Å². The summed E-state index contributed by atoms with van der Waals surface area (Å²) in [5.74, 6) is -7.64. The zero-order chi connectivity index (χ0) is 44.6. The molecule has 304 valence electrons. The molecule has 2 aromatic heterocycles. The van der Waals surface area contributed by atoms with Crippen molar-refractivity contribution in [1.82, 2.24) is 0 Å². The van der Waals surface area contributed by atoms with Crippen molar-refractivity contribution in [2.24, 2.45) is 0 Å². The Morgan fingerprint density at radius 3 is 0.933 bits per heavy atom. The highest BCUT2D eigenvalue weighted by atomic mass is 32.1. The Labute approximate surface area is 331 Å². The highest BCUT2D eigenvalue weighted by Crippen LogP contribution is 2.56. The van der Waals surface area contributed by atoms with Gasteiger partial charge in [0.15, 0.2) is 23.3 Å². The van der Waals surface area contributed by atoms with Crippen molar-refractivity contribution < 1.29 is 70.2 Å². The van der Waals surface area contributed by atoms with Gasteiger partial charge in [0.1, 0.15) is 34.0 Å². The molecule has 0 amide bonds. The zero-order valence-corrected chi connectivity index (χ0v) is 29.9. The lowest BCUT2D eigenvalue weighted by molar-refractivity contribution is -0.144. The van der Waals surface area contributed by atoms with Crippen molar-refractivity contribution in [2.75, 3.05) is 0 Å². The van der Waals surface area contributed by atoms with Gasteiger partial charge in [-0.15, -0.1) is 22.7 Å². The molecule has 0 N–H and O–H groups in total. The van der Waals surface area contributed by atoms with E-state index in [4.69, 9.17) is 0 Å². The van der Waals surface area contributed by atoms with E-state index in [0.717, 1.165) is 0 Å². The third-order valence-corrected chi connectivity index (χ3v) is 10.8. The van der Waals surface area contributed by atoms with Gasteiger partial charge in [0.05, 0.1) is 43.2 Å². The molecule has 22 heteroatoms. The van der Waals surface area contributed by atoms with E-state index < -0.39 is 145 Å². The summed E-state index contributed by atoms with van der Waals surface area (Å²) in [6, 6.07) is 5.14. The fourth-order valence-electron chi connectivity index (χ4n) is 6.20. The van der Waals surface area contributed by atoms with Crippen LogP contribution in [0.5, 0.6) is 0 Å². The normalized spacial score (nSPS) is 16.1. The molecule has 0 fully saturated rings. The first kappa shape index (κ1) is 43.0. The van der Waals surface area contributed by atoms with E-state index in [2.05, 4.69) is 0 Å². The van der Waals surface area contributed by atoms with Crippen LogP contribution in [0.4, 0.5) is 70.2 Å². The number of hydrogen-bond acceptors (Lipinski definition) is 6. The van der Waals surface area contributed by atoms with Crippen LogP contribution in [0.2, 0.25) is 0 Å². The molecule has 2 heterocycles. The van der Waals surface area contributed by atoms with Crippen LogP contribution in [-0.4, -0.2) is 0 Å². The maximum absolute atomic E-state index is 15.4. The van der Waals surface area contributed by atoms with Crippen LogP contribution in [0, 0.1) is 68.6 Å². The molecule has 0 saturated carbocycles. The van der Waals surface area contributed by atoms with Gasteiger partial charge in [-0.2, -0.15) is 73.7 Å². The number of allylic oxidation sites excluding steroid dienone is 10. The van der Waals surface area contributed by atoms with E-state index in [-0.39, 0.29) is 59.1 Å². The van der Waals surface area contributed by atoms with Crippen LogP contribution >= 0.6 is 22.7 Å². The molecule has 2 aromatic carbocycles. The van der Waals surface area contributed by atoms with Gasteiger partial charge in [-0.05, 0) is 82.0 Å². The summed E-state index contributed by atoms with van der Waals surface area (Å²) in [5.41, 5.74) is -17.6. The molecule has 4 nitrogen and oxygen atoms in total. The second-order valence-electron chi connectivity index (χ2n) is 12.3. The summed E-state index contributed by atoms with van der Waals surface area (Å²) in [6.45, 7) is 0. The van der Waals surface area contributed by atoms with E-state index >= 15 is 8.78 Å². The van der Waals surface area contributed by atoms with Gasteiger partial charge >= 0.3 is 24.7 Å². The first-order chi connectivity index (χ1) is 27.8. The molecular weight excluding hydrogens is 881 g/mol. The first-order valence-corrected chi connectivity index (χ1v) is 17.2. The van der Waals surface area contributed by atoms with Crippen molar-refractivity contribution >= 4 is 45.0 Å². The Morgan fingerprint density at radius 1 is 0.433 bits per heavy atom. The molecular formula is C38H8F16N4S2. The summed E-state index contributed by atoms with van der Waals surface area (Å²) < 4.78 is 229. The van der Waals surface area contributed by atoms with E-state index in [1.165, 1.54) is 24.3 Å². The minimum atomic E-state index is -5.52. The largest absolute Gasteiger partial charge is 0.416 e. The summed E-state index contributed by atoms with van der Waals surface area (Å²) in [5, 5.41) is 39.4. The zero-order valence-electron chi connectivity index (χ0n) is 28.3. The van der Waals surface area contributed by atoms with Gasteiger partial charge in [0, 0.05) is 11.1 Å². The van der Waals surface area contributed by atoms with Crippen LogP contribution in [0.25, 0.3) is 22.3 Å².